The van der Waals surface area contributed by atoms with Gasteiger partial charge >= 0.3 is 0 Å². The van der Waals surface area contributed by atoms with Crippen LogP contribution in [0.1, 0.15) is 97.3 Å². The van der Waals surface area contributed by atoms with Crippen molar-refractivity contribution in [3.63, 3.8) is 0 Å². The van der Waals surface area contributed by atoms with Gasteiger partial charge in [0.05, 0.1) is 5.92 Å². The molecule has 3 heteroatoms. The number of hydrogen-bond donors (Lipinski definition) is 1. The van der Waals surface area contributed by atoms with Gasteiger partial charge < -0.3 is 5.32 Å². The number of β-lactam (4-membered cyclic amide) rings is 1. The molecule has 2 unspecified atom stereocenters. The van der Waals surface area contributed by atoms with Gasteiger partial charge in [-0.25, -0.2) is 0 Å². The van der Waals surface area contributed by atoms with Crippen molar-refractivity contribution < 1.29 is 9.59 Å². The highest BCUT2D eigenvalue weighted by molar-refractivity contribution is 5.85. The summed E-state index contributed by atoms with van der Waals surface area (Å²) in [6, 6.07) is 0.544. The monoisotopic (exact) mass is 335 g/mol. The minimum Gasteiger partial charge on any atom is -0.352 e. The van der Waals surface area contributed by atoms with E-state index in [1.165, 1.54) is 70.6 Å². The van der Waals surface area contributed by atoms with Crippen LogP contribution in [0.25, 0.3) is 0 Å². The van der Waals surface area contributed by atoms with E-state index in [1.54, 1.807) is 6.92 Å². The third-order valence-electron chi connectivity index (χ3n) is 6.39. The summed E-state index contributed by atoms with van der Waals surface area (Å²) in [6.45, 7) is 4.00. The first-order chi connectivity index (χ1) is 11.6. The molecule has 0 aromatic carbocycles. The van der Waals surface area contributed by atoms with Crippen molar-refractivity contribution in [3.05, 3.63) is 0 Å². The fraction of sp³-hybridized carbons (Fsp3) is 0.905. The van der Waals surface area contributed by atoms with Gasteiger partial charge in [0.1, 0.15) is 5.78 Å². The summed E-state index contributed by atoms with van der Waals surface area (Å²) in [6.07, 6.45) is 16.5. The summed E-state index contributed by atoms with van der Waals surface area (Å²) in [7, 11) is 0. The van der Waals surface area contributed by atoms with Crippen LogP contribution in [-0.2, 0) is 9.59 Å². The molecule has 1 saturated heterocycles. The first-order valence-electron chi connectivity index (χ1n) is 10.4. The molecule has 138 valence electrons. The predicted octanol–water partition coefficient (Wildman–Crippen LogP) is 5.03. The van der Waals surface area contributed by atoms with Gasteiger partial charge in [-0.1, -0.05) is 64.7 Å². The van der Waals surface area contributed by atoms with Crippen LogP contribution in [0.3, 0.4) is 0 Å². The maximum Gasteiger partial charge on any atom is 0.225 e. The Morgan fingerprint density at radius 2 is 1.50 bits per heavy atom. The van der Waals surface area contributed by atoms with Crippen molar-refractivity contribution in [3.8, 4) is 0 Å². The van der Waals surface area contributed by atoms with Crippen molar-refractivity contribution in [1.29, 1.82) is 0 Å². The normalized spacial score (nSPS) is 33.8. The Kier molecular flexibility index (Phi) is 8.28. The molecule has 24 heavy (non-hydrogen) atoms. The average Bonchev–Trinajstić information content (AvgIpc) is 2.50. The SMILES string of the molecule is CCC1CCCCCC[C@H]1C(C)=O.O=C1NC2CCCCCC[C@@H]12. The first-order valence-corrected chi connectivity index (χ1v) is 10.4. The number of nitrogens with one attached hydrogen (secondary N) is 1. The zero-order valence-electron chi connectivity index (χ0n) is 15.8. The molecular formula is C21H37NO2. The molecule has 2 saturated carbocycles. The van der Waals surface area contributed by atoms with Gasteiger partial charge in [-0.05, 0) is 38.5 Å². The van der Waals surface area contributed by atoms with Gasteiger partial charge in [0, 0.05) is 12.0 Å². The molecule has 0 radical (unpaired) electrons. The molecule has 1 amide bonds. The molecule has 0 bridgehead atoms. The molecule has 3 nitrogen and oxygen atoms in total. The summed E-state index contributed by atoms with van der Waals surface area (Å²) in [5.41, 5.74) is 0. The van der Waals surface area contributed by atoms with Crippen LogP contribution in [0.5, 0.6) is 0 Å². The molecule has 3 fully saturated rings. The molecule has 2 aliphatic carbocycles. The quantitative estimate of drug-likeness (QED) is 0.720. The van der Waals surface area contributed by atoms with Crippen molar-refractivity contribution in [2.75, 3.05) is 0 Å². The first kappa shape index (κ1) is 19.5. The molecule has 0 spiro atoms. The van der Waals surface area contributed by atoms with Crippen LogP contribution in [0, 0.1) is 17.8 Å². The van der Waals surface area contributed by atoms with E-state index >= 15 is 0 Å². The predicted molar refractivity (Wildman–Crippen MR) is 98.8 cm³/mol. The van der Waals surface area contributed by atoms with E-state index in [0.717, 1.165) is 12.8 Å². The van der Waals surface area contributed by atoms with Crippen LogP contribution in [0.4, 0.5) is 0 Å². The van der Waals surface area contributed by atoms with Crippen molar-refractivity contribution in [1.82, 2.24) is 5.32 Å². The average molecular weight is 336 g/mol. The van der Waals surface area contributed by atoms with Gasteiger partial charge in [0.15, 0.2) is 0 Å². The molecular weight excluding hydrogens is 298 g/mol. The minimum absolute atomic E-state index is 0.303. The highest BCUT2D eigenvalue weighted by atomic mass is 16.2. The maximum atomic E-state index is 11.4. The number of ketones is 1. The zero-order valence-corrected chi connectivity index (χ0v) is 15.8. The van der Waals surface area contributed by atoms with Crippen LogP contribution < -0.4 is 5.32 Å². The van der Waals surface area contributed by atoms with Crippen molar-refractivity contribution in [2.45, 2.75) is 103 Å². The van der Waals surface area contributed by atoms with E-state index in [1.807, 2.05) is 0 Å². The molecule has 4 atom stereocenters. The smallest absolute Gasteiger partial charge is 0.225 e. The van der Waals surface area contributed by atoms with Crippen molar-refractivity contribution >= 4 is 11.7 Å². The molecule has 1 heterocycles. The number of carbonyl (C=O) groups is 2. The van der Waals surface area contributed by atoms with Gasteiger partial charge in [-0.15, -0.1) is 0 Å². The van der Waals surface area contributed by atoms with Crippen LogP contribution >= 0.6 is 0 Å². The molecule has 0 aromatic rings. The summed E-state index contributed by atoms with van der Waals surface area (Å²) in [5.74, 6) is 2.17. The Labute approximate surface area is 148 Å². The highest BCUT2D eigenvalue weighted by Gasteiger charge is 2.38. The molecule has 3 aliphatic rings. The summed E-state index contributed by atoms with van der Waals surface area (Å²) >= 11 is 0. The lowest BCUT2D eigenvalue weighted by Gasteiger charge is -2.38. The third kappa shape index (κ3) is 5.60. The van der Waals surface area contributed by atoms with Gasteiger partial charge in [0.25, 0.3) is 0 Å². The molecule has 3 rings (SSSR count). The number of Topliss-reactive ketones (excluding diaryl/α,β-unsaturated/α-hetero) is 1. The lowest BCUT2D eigenvalue weighted by molar-refractivity contribution is -0.136. The van der Waals surface area contributed by atoms with Gasteiger partial charge in [-0.3, -0.25) is 9.59 Å². The Hall–Kier alpha value is -0.860. The van der Waals surface area contributed by atoms with E-state index in [-0.39, 0.29) is 0 Å². The Morgan fingerprint density at radius 3 is 2.08 bits per heavy atom. The largest absolute Gasteiger partial charge is 0.352 e. The second-order valence-electron chi connectivity index (χ2n) is 8.09. The third-order valence-corrected chi connectivity index (χ3v) is 6.39. The summed E-state index contributed by atoms with van der Waals surface area (Å²) < 4.78 is 0. The van der Waals surface area contributed by atoms with E-state index in [9.17, 15) is 9.59 Å². The molecule has 1 aliphatic heterocycles. The summed E-state index contributed by atoms with van der Waals surface area (Å²) in [5, 5.41) is 2.97. The van der Waals surface area contributed by atoms with Crippen molar-refractivity contribution in [2.24, 2.45) is 17.8 Å². The highest BCUT2D eigenvalue weighted by Crippen LogP contribution is 2.30. The van der Waals surface area contributed by atoms with E-state index in [4.69, 9.17) is 0 Å². The van der Waals surface area contributed by atoms with E-state index in [2.05, 4.69) is 12.2 Å². The number of amides is 1. The second-order valence-corrected chi connectivity index (χ2v) is 8.09. The lowest BCUT2D eigenvalue weighted by Crippen LogP contribution is -2.58. The Bertz CT molecular complexity index is 407. The Morgan fingerprint density at radius 1 is 0.917 bits per heavy atom. The fourth-order valence-electron chi connectivity index (χ4n) is 4.75. The van der Waals surface area contributed by atoms with Crippen LogP contribution in [-0.4, -0.2) is 17.7 Å². The number of carbonyl (C=O) groups excluding carboxylic acids is 2. The number of rotatable bonds is 2. The fourth-order valence-corrected chi connectivity index (χ4v) is 4.75. The van der Waals surface area contributed by atoms with Crippen LogP contribution in [0.15, 0.2) is 0 Å². The lowest BCUT2D eigenvalue weighted by atomic mass is 9.78. The summed E-state index contributed by atoms with van der Waals surface area (Å²) in [4.78, 5) is 22.5. The number of fused-ring (bicyclic) bond motifs is 1. The van der Waals surface area contributed by atoms with Gasteiger partial charge in [-0.2, -0.15) is 0 Å². The molecule has 0 aromatic heterocycles. The Balaban J connectivity index is 0.000000175. The van der Waals surface area contributed by atoms with Crippen LogP contribution in [0.2, 0.25) is 0 Å². The second kappa shape index (κ2) is 10.2. The van der Waals surface area contributed by atoms with Gasteiger partial charge in [0.2, 0.25) is 5.91 Å². The zero-order chi connectivity index (χ0) is 17.4. The maximum absolute atomic E-state index is 11.4. The van der Waals surface area contributed by atoms with E-state index in [0.29, 0.717) is 35.5 Å². The number of hydrogen-bond acceptors (Lipinski definition) is 2. The minimum atomic E-state index is 0.303. The topological polar surface area (TPSA) is 46.2 Å². The molecule has 1 N–H and O–H groups in total. The van der Waals surface area contributed by atoms with E-state index < -0.39 is 0 Å². The standard InChI is InChI=1S/C12H22O.C9H15NO/c1-3-11-8-6-4-5-7-9-12(11)10(2)13;11-9-7-5-3-1-2-4-6-8(7)10-9/h11-12H,3-9H2,1-2H3;7-8H,1-6H2,(H,10,11)/t11?,12-;7-,8?/m01/s1.